The molecule has 0 N–H and O–H groups in total. The van der Waals surface area contributed by atoms with Crippen molar-refractivity contribution in [3.05, 3.63) is 51.1 Å². The average Bonchev–Trinajstić information content (AvgIpc) is 3.39. The van der Waals surface area contributed by atoms with Gasteiger partial charge in [0.2, 0.25) is 5.91 Å². The second-order valence-electron chi connectivity index (χ2n) is 7.10. The molecule has 0 radical (unpaired) electrons. The number of hydrogen-bond acceptors (Lipinski definition) is 9. The minimum absolute atomic E-state index is 0.123. The van der Waals surface area contributed by atoms with E-state index in [2.05, 4.69) is 0 Å². The van der Waals surface area contributed by atoms with E-state index in [1.54, 1.807) is 17.0 Å². The number of carbonyl (C=O) groups excluding carboxylic acids is 3. The molecule has 1 aromatic carbocycles. The molecule has 11 nitrogen and oxygen atoms in total. The van der Waals surface area contributed by atoms with Gasteiger partial charge in [-0.3, -0.25) is 29.4 Å². The Bertz CT molecular complexity index is 1150. The summed E-state index contributed by atoms with van der Waals surface area (Å²) in [4.78, 5) is 50.5. The lowest BCUT2D eigenvalue weighted by Gasteiger charge is -2.27. The summed E-state index contributed by atoms with van der Waals surface area (Å²) in [5, 5.41) is 10.4. The van der Waals surface area contributed by atoms with Crippen LogP contribution in [0.2, 0.25) is 0 Å². The number of benzene rings is 1. The molecule has 2 fully saturated rings. The maximum atomic E-state index is 12.7. The van der Waals surface area contributed by atoms with Gasteiger partial charge < -0.3 is 18.8 Å². The molecule has 12 heteroatoms. The molecule has 3 amide bonds. The molecule has 0 unspecified atom stereocenters. The van der Waals surface area contributed by atoms with Crippen molar-refractivity contribution < 1.29 is 33.2 Å². The zero-order valence-electron chi connectivity index (χ0n) is 17.5. The molecule has 2 aliphatic rings. The third kappa shape index (κ3) is 4.76. The lowest BCUT2D eigenvalue weighted by molar-refractivity contribution is -0.384. The second-order valence-corrected chi connectivity index (χ2v) is 8.10. The molecule has 0 aliphatic carbocycles. The van der Waals surface area contributed by atoms with Crippen molar-refractivity contribution in [3.8, 4) is 17.1 Å². The molecule has 2 saturated heterocycles. The van der Waals surface area contributed by atoms with E-state index in [0.29, 0.717) is 43.4 Å². The van der Waals surface area contributed by atoms with Crippen molar-refractivity contribution in [1.82, 2.24) is 9.80 Å². The van der Waals surface area contributed by atoms with E-state index < -0.39 is 16.1 Å². The number of rotatable bonds is 6. The first-order valence-corrected chi connectivity index (χ1v) is 10.7. The number of carbonyl (C=O) groups is 3. The van der Waals surface area contributed by atoms with Crippen LogP contribution in [0.25, 0.3) is 17.4 Å². The number of hydrogen-bond donors (Lipinski definition) is 0. The zero-order chi connectivity index (χ0) is 23.5. The number of non-ortho nitro benzene ring substituents is 1. The highest BCUT2D eigenvalue weighted by Gasteiger charge is 2.37. The van der Waals surface area contributed by atoms with Crippen LogP contribution in [-0.4, -0.2) is 71.7 Å². The third-order valence-electron chi connectivity index (χ3n) is 5.09. The van der Waals surface area contributed by atoms with Crippen molar-refractivity contribution >= 4 is 40.6 Å². The van der Waals surface area contributed by atoms with Crippen LogP contribution in [0.1, 0.15) is 5.76 Å². The van der Waals surface area contributed by atoms with Crippen LogP contribution in [0.15, 0.2) is 39.7 Å². The summed E-state index contributed by atoms with van der Waals surface area (Å²) in [6.07, 6.45) is 1.42. The van der Waals surface area contributed by atoms with Crippen molar-refractivity contribution in [2.45, 2.75) is 0 Å². The second kappa shape index (κ2) is 9.46. The van der Waals surface area contributed by atoms with Gasteiger partial charge in [0, 0.05) is 25.2 Å². The molecule has 4 rings (SSSR count). The number of morpholine rings is 1. The molecule has 0 saturated carbocycles. The van der Waals surface area contributed by atoms with Gasteiger partial charge >= 0.3 is 0 Å². The van der Waals surface area contributed by atoms with Gasteiger partial charge in [-0.15, -0.1) is 0 Å². The van der Waals surface area contributed by atoms with Gasteiger partial charge in [-0.25, -0.2) is 0 Å². The number of nitro benzene ring substituents is 1. The van der Waals surface area contributed by atoms with E-state index in [0.717, 1.165) is 16.7 Å². The van der Waals surface area contributed by atoms with Gasteiger partial charge in [0.25, 0.3) is 16.8 Å². The summed E-state index contributed by atoms with van der Waals surface area (Å²) < 4.78 is 16.2. The van der Waals surface area contributed by atoms with E-state index in [-0.39, 0.29) is 28.8 Å². The summed E-state index contributed by atoms with van der Waals surface area (Å²) >= 11 is 0.727. The van der Waals surface area contributed by atoms with Crippen LogP contribution in [0.5, 0.6) is 5.75 Å². The summed E-state index contributed by atoms with van der Waals surface area (Å²) in [7, 11) is 1.39. The fourth-order valence-electron chi connectivity index (χ4n) is 3.39. The predicted molar refractivity (Wildman–Crippen MR) is 117 cm³/mol. The number of thioether (sulfide) groups is 1. The first-order valence-electron chi connectivity index (χ1n) is 9.91. The standard InChI is InChI=1S/C21H19N3O8S/c1-30-17-10-13(24(28)29)2-4-15(17)16-5-3-14(32-16)11-18-20(26)23(21(27)33-18)12-19(25)22-6-8-31-9-7-22/h2-5,10-11H,6-9,12H2,1H3/b18-11+. The lowest BCUT2D eigenvalue weighted by atomic mass is 10.1. The molecule has 172 valence electrons. The van der Waals surface area contributed by atoms with Gasteiger partial charge in [-0.1, -0.05) is 0 Å². The van der Waals surface area contributed by atoms with E-state index >= 15 is 0 Å². The van der Waals surface area contributed by atoms with Crippen molar-refractivity contribution in [3.63, 3.8) is 0 Å². The topological polar surface area (TPSA) is 132 Å². The highest BCUT2D eigenvalue weighted by molar-refractivity contribution is 8.18. The average molecular weight is 473 g/mol. The Morgan fingerprint density at radius 2 is 2.00 bits per heavy atom. The van der Waals surface area contributed by atoms with Gasteiger partial charge in [-0.05, 0) is 30.0 Å². The highest BCUT2D eigenvalue weighted by Crippen LogP contribution is 2.36. The summed E-state index contributed by atoms with van der Waals surface area (Å²) in [5.74, 6) is 0.0436. The molecule has 2 aromatic rings. The SMILES string of the molecule is COc1cc([N+](=O)[O-])ccc1-c1ccc(/C=C2/SC(=O)N(CC(=O)N3CCOCC3)C2=O)o1. The molecule has 33 heavy (non-hydrogen) atoms. The van der Waals surface area contributed by atoms with Crippen LogP contribution >= 0.6 is 11.8 Å². The van der Waals surface area contributed by atoms with E-state index in [1.165, 1.54) is 31.4 Å². The lowest BCUT2D eigenvalue weighted by Crippen LogP contribution is -2.46. The van der Waals surface area contributed by atoms with Gasteiger partial charge in [0.15, 0.2) is 0 Å². The predicted octanol–water partition coefficient (Wildman–Crippen LogP) is 2.76. The Labute approximate surface area is 192 Å². The largest absolute Gasteiger partial charge is 0.496 e. The normalized spacial score (nSPS) is 17.7. The molecule has 3 heterocycles. The first-order chi connectivity index (χ1) is 15.9. The van der Waals surface area contributed by atoms with Crippen LogP contribution in [-0.2, 0) is 14.3 Å². The fraction of sp³-hybridized carbons (Fsp3) is 0.286. The zero-order valence-corrected chi connectivity index (χ0v) is 18.3. The smallest absolute Gasteiger partial charge is 0.294 e. The molecule has 1 aromatic heterocycles. The first kappa shape index (κ1) is 22.6. The van der Waals surface area contributed by atoms with Crippen LogP contribution in [0.4, 0.5) is 10.5 Å². The van der Waals surface area contributed by atoms with E-state index in [4.69, 9.17) is 13.9 Å². The monoisotopic (exact) mass is 473 g/mol. The Hall–Kier alpha value is -3.64. The van der Waals surface area contributed by atoms with Crippen LogP contribution in [0, 0.1) is 10.1 Å². The minimum atomic E-state index is -0.572. The summed E-state index contributed by atoms with van der Waals surface area (Å²) in [5.41, 5.74) is 0.370. The minimum Gasteiger partial charge on any atom is -0.496 e. The maximum Gasteiger partial charge on any atom is 0.294 e. The molecule has 0 atom stereocenters. The number of imide groups is 1. The van der Waals surface area contributed by atoms with Gasteiger partial charge in [0.05, 0.1) is 41.8 Å². The molecule has 2 aliphatic heterocycles. The summed E-state index contributed by atoms with van der Waals surface area (Å²) in [6, 6.07) is 7.35. The van der Waals surface area contributed by atoms with Gasteiger partial charge in [0.1, 0.15) is 23.8 Å². The van der Waals surface area contributed by atoms with Crippen LogP contribution in [0.3, 0.4) is 0 Å². The van der Waals surface area contributed by atoms with Gasteiger partial charge in [-0.2, -0.15) is 0 Å². The van der Waals surface area contributed by atoms with Crippen LogP contribution < -0.4 is 4.74 Å². The fourth-order valence-corrected chi connectivity index (χ4v) is 4.20. The number of methoxy groups -OCH3 is 1. The van der Waals surface area contributed by atoms with Crippen molar-refractivity contribution in [2.75, 3.05) is 40.0 Å². The Kier molecular flexibility index (Phi) is 6.47. The number of furan rings is 1. The number of nitrogens with zero attached hydrogens (tertiary/aromatic N) is 3. The molecular weight excluding hydrogens is 454 g/mol. The van der Waals surface area contributed by atoms with Crippen molar-refractivity contribution in [2.24, 2.45) is 0 Å². The number of amides is 3. The molecule has 0 bridgehead atoms. The van der Waals surface area contributed by atoms with Crippen molar-refractivity contribution in [1.29, 1.82) is 0 Å². The Balaban J connectivity index is 1.50. The molecular formula is C21H19N3O8S. The third-order valence-corrected chi connectivity index (χ3v) is 6.00. The maximum absolute atomic E-state index is 12.7. The Morgan fingerprint density at radius 1 is 1.24 bits per heavy atom. The molecule has 0 spiro atoms. The number of nitro groups is 1. The van der Waals surface area contributed by atoms with E-state index in [9.17, 15) is 24.5 Å². The number of ether oxygens (including phenoxy) is 2. The Morgan fingerprint density at radius 3 is 2.70 bits per heavy atom. The quantitative estimate of drug-likeness (QED) is 0.353. The highest BCUT2D eigenvalue weighted by atomic mass is 32.2. The van der Waals surface area contributed by atoms with E-state index in [1.807, 2.05) is 0 Å². The summed E-state index contributed by atoms with van der Waals surface area (Å²) in [6.45, 7) is 1.37.